The predicted octanol–water partition coefficient (Wildman–Crippen LogP) is 4.03. The summed E-state index contributed by atoms with van der Waals surface area (Å²) < 4.78 is 6.52. The number of halogens is 2. The molecular formula is C13H18BrClN2O2. The molecule has 0 aliphatic heterocycles. The van der Waals surface area contributed by atoms with Gasteiger partial charge in [-0.1, -0.05) is 46.5 Å². The van der Waals surface area contributed by atoms with Crippen LogP contribution >= 0.6 is 27.5 Å². The Labute approximate surface area is 126 Å². The Kier molecular flexibility index (Phi) is 5.94. The average Bonchev–Trinajstić information content (AvgIpc) is 2.35. The highest BCUT2D eigenvalue weighted by Crippen LogP contribution is 2.28. The largest absolute Gasteiger partial charge is 0.492 e. The highest BCUT2D eigenvalue weighted by Gasteiger charge is 2.22. The zero-order valence-electron chi connectivity index (χ0n) is 11.0. The molecule has 0 heterocycles. The molecule has 1 aromatic carbocycles. The molecule has 106 valence electrons. The first-order valence-electron chi connectivity index (χ1n) is 5.92. The van der Waals surface area contributed by atoms with Crippen molar-refractivity contribution in [1.29, 1.82) is 0 Å². The SMILES string of the molecule is CC(C)(CCCOc1ccc(Br)cc1Cl)C(N)=NO. The maximum Gasteiger partial charge on any atom is 0.144 e. The molecular weight excluding hydrogens is 332 g/mol. The summed E-state index contributed by atoms with van der Waals surface area (Å²) in [6.45, 7) is 4.38. The van der Waals surface area contributed by atoms with Crippen molar-refractivity contribution >= 4 is 33.4 Å². The predicted molar refractivity (Wildman–Crippen MR) is 81.1 cm³/mol. The van der Waals surface area contributed by atoms with E-state index in [1.54, 1.807) is 6.07 Å². The number of hydrogen-bond donors (Lipinski definition) is 2. The summed E-state index contributed by atoms with van der Waals surface area (Å²) in [6, 6.07) is 5.49. The monoisotopic (exact) mass is 348 g/mol. The van der Waals surface area contributed by atoms with Gasteiger partial charge in [-0.3, -0.25) is 0 Å². The molecule has 0 atom stereocenters. The van der Waals surface area contributed by atoms with Crippen molar-refractivity contribution in [2.24, 2.45) is 16.3 Å². The topological polar surface area (TPSA) is 67.8 Å². The standard InChI is InChI=1S/C13H18BrClN2O2/c1-13(2,12(16)17-18)6-3-7-19-11-5-4-9(14)8-10(11)15/h4-5,8,18H,3,6-7H2,1-2H3,(H2,16,17). The van der Waals surface area contributed by atoms with Crippen molar-refractivity contribution in [1.82, 2.24) is 0 Å². The Bertz CT molecular complexity index is 464. The Morgan fingerprint density at radius 3 is 2.79 bits per heavy atom. The molecule has 0 fully saturated rings. The molecule has 0 saturated heterocycles. The van der Waals surface area contributed by atoms with E-state index in [0.29, 0.717) is 17.4 Å². The van der Waals surface area contributed by atoms with Gasteiger partial charge in [0.2, 0.25) is 0 Å². The highest BCUT2D eigenvalue weighted by atomic mass is 79.9. The highest BCUT2D eigenvalue weighted by molar-refractivity contribution is 9.10. The number of nitrogens with two attached hydrogens (primary N) is 1. The van der Waals surface area contributed by atoms with Crippen molar-refractivity contribution in [2.75, 3.05) is 6.61 Å². The molecule has 4 nitrogen and oxygen atoms in total. The molecule has 0 radical (unpaired) electrons. The van der Waals surface area contributed by atoms with Crippen molar-refractivity contribution < 1.29 is 9.94 Å². The Hall–Kier alpha value is -0.940. The van der Waals surface area contributed by atoms with E-state index in [0.717, 1.165) is 17.3 Å². The quantitative estimate of drug-likeness (QED) is 0.268. The molecule has 0 unspecified atom stereocenters. The van der Waals surface area contributed by atoms with Crippen LogP contribution in [-0.4, -0.2) is 17.6 Å². The molecule has 3 N–H and O–H groups in total. The van der Waals surface area contributed by atoms with E-state index in [1.807, 2.05) is 26.0 Å². The van der Waals surface area contributed by atoms with Gasteiger partial charge in [-0.05, 0) is 31.0 Å². The average molecular weight is 350 g/mol. The van der Waals surface area contributed by atoms with Gasteiger partial charge >= 0.3 is 0 Å². The minimum absolute atomic E-state index is 0.231. The minimum atomic E-state index is -0.346. The third-order valence-corrected chi connectivity index (χ3v) is 3.69. The number of benzene rings is 1. The lowest BCUT2D eigenvalue weighted by Crippen LogP contribution is -2.32. The number of amidine groups is 1. The van der Waals surface area contributed by atoms with E-state index in [9.17, 15) is 0 Å². The fraction of sp³-hybridized carbons (Fsp3) is 0.462. The second kappa shape index (κ2) is 7.01. The number of hydrogen-bond acceptors (Lipinski definition) is 3. The van der Waals surface area contributed by atoms with Crippen molar-refractivity contribution in [3.8, 4) is 5.75 Å². The van der Waals surface area contributed by atoms with E-state index in [1.165, 1.54) is 0 Å². The number of rotatable bonds is 6. The summed E-state index contributed by atoms with van der Waals surface area (Å²) in [5.74, 6) is 0.889. The van der Waals surface area contributed by atoms with Crippen LogP contribution in [0.2, 0.25) is 5.02 Å². The van der Waals surface area contributed by atoms with Gasteiger partial charge in [-0.25, -0.2) is 0 Å². The normalized spacial score (nSPS) is 12.5. The van der Waals surface area contributed by atoms with Crippen LogP contribution in [0.5, 0.6) is 5.75 Å². The van der Waals surface area contributed by atoms with Crippen LogP contribution in [0.4, 0.5) is 0 Å². The fourth-order valence-corrected chi connectivity index (χ4v) is 2.28. The lowest BCUT2D eigenvalue weighted by molar-refractivity contribution is 0.277. The zero-order valence-corrected chi connectivity index (χ0v) is 13.3. The summed E-state index contributed by atoms with van der Waals surface area (Å²) >= 11 is 9.38. The van der Waals surface area contributed by atoms with E-state index >= 15 is 0 Å². The second-order valence-corrected chi connectivity index (χ2v) is 6.22. The maximum absolute atomic E-state index is 8.68. The van der Waals surface area contributed by atoms with Gasteiger partial charge < -0.3 is 15.7 Å². The van der Waals surface area contributed by atoms with Crippen LogP contribution in [0.25, 0.3) is 0 Å². The van der Waals surface area contributed by atoms with Gasteiger partial charge in [0, 0.05) is 9.89 Å². The van der Waals surface area contributed by atoms with Crippen LogP contribution in [0.3, 0.4) is 0 Å². The molecule has 0 bridgehead atoms. The van der Waals surface area contributed by atoms with E-state index in [4.69, 9.17) is 27.3 Å². The second-order valence-electron chi connectivity index (χ2n) is 4.90. The maximum atomic E-state index is 8.68. The first-order valence-corrected chi connectivity index (χ1v) is 7.10. The van der Waals surface area contributed by atoms with Crippen molar-refractivity contribution in [2.45, 2.75) is 26.7 Å². The van der Waals surface area contributed by atoms with Crippen LogP contribution in [0, 0.1) is 5.41 Å². The Balaban J connectivity index is 2.43. The molecule has 0 amide bonds. The summed E-state index contributed by atoms with van der Waals surface area (Å²) in [5.41, 5.74) is 5.27. The lowest BCUT2D eigenvalue weighted by Gasteiger charge is -2.22. The first kappa shape index (κ1) is 16.1. The molecule has 1 rings (SSSR count). The molecule has 0 aromatic heterocycles. The van der Waals surface area contributed by atoms with Crippen LogP contribution < -0.4 is 10.5 Å². The van der Waals surface area contributed by atoms with E-state index in [2.05, 4.69) is 21.1 Å². The molecule has 6 heteroatoms. The van der Waals surface area contributed by atoms with Crippen LogP contribution in [0.1, 0.15) is 26.7 Å². The van der Waals surface area contributed by atoms with E-state index < -0.39 is 0 Å². The number of oxime groups is 1. The lowest BCUT2D eigenvalue weighted by atomic mass is 9.87. The number of nitrogens with zero attached hydrogens (tertiary/aromatic N) is 1. The van der Waals surface area contributed by atoms with Crippen molar-refractivity contribution in [3.63, 3.8) is 0 Å². The van der Waals surface area contributed by atoms with Gasteiger partial charge in [-0.15, -0.1) is 0 Å². The number of ether oxygens (including phenoxy) is 1. The van der Waals surface area contributed by atoms with Crippen LogP contribution in [-0.2, 0) is 0 Å². The molecule has 0 aliphatic carbocycles. The smallest absolute Gasteiger partial charge is 0.144 e. The van der Waals surface area contributed by atoms with Crippen molar-refractivity contribution in [3.05, 3.63) is 27.7 Å². The zero-order chi connectivity index (χ0) is 14.5. The molecule has 0 saturated carbocycles. The first-order chi connectivity index (χ1) is 8.86. The van der Waals surface area contributed by atoms with Gasteiger partial charge in [0.1, 0.15) is 11.6 Å². The molecule has 0 spiro atoms. The summed E-state index contributed by atoms with van der Waals surface area (Å²) in [7, 11) is 0. The molecule has 19 heavy (non-hydrogen) atoms. The third kappa shape index (κ3) is 4.91. The van der Waals surface area contributed by atoms with Crippen LogP contribution in [0.15, 0.2) is 27.8 Å². The summed E-state index contributed by atoms with van der Waals surface area (Å²) in [5, 5.41) is 12.3. The third-order valence-electron chi connectivity index (χ3n) is 2.90. The fourth-order valence-electron chi connectivity index (χ4n) is 1.55. The molecule has 0 aliphatic rings. The Morgan fingerprint density at radius 2 is 2.21 bits per heavy atom. The van der Waals surface area contributed by atoms with Gasteiger partial charge in [0.05, 0.1) is 11.6 Å². The molecule has 1 aromatic rings. The van der Waals surface area contributed by atoms with Gasteiger partial charge in [-0.2, -0.15) is 0 Å². The van der Waals surface area contributed by atoms with Gasteiger partial charge in [0.25, 0.3) is 0 Å². The summed E-state index contributed by atoms with van der Waals surface area (Å²) in [6.07, 6.45) is 1.55. The van der Waals surface area contributed by atoms with E-state index in [-0.39, 0.29) is 11.3 Å². The Morgan fingerprint density at radius 1 is 1.53 bits per heavy atom. The van der Waals surface area contributed by atoms with Gasteiger partial charge in [0.15, 0.2) is 0 Å². The minimum Gasteiger partial charge on any atom is -0.492 e. The summed E-state index contributed by atoms with van der Waals surface area (Å²) in [4.78, 5) is 0.